The van der Waals surface area contributed by atoms with Gasteiger partial charge in [0.2, 0.25) is 0 Å². The second kappa shape index (κ2) is 4.65. The zero-order valence-corrected chi connectivity index (χ0v) is 11.9. The van der Waals surface area contributed by atoms with Crippen molar-refractivity contribution >= 4 is 11.5 Å². The molecule has 0 fully saturated rings. The maximum Gasteiger partial charge on any atom is 0.109 e. The normalized spacial score (nSPS) is 19.2. The van der Waals surface area contributed by atoms with E-state index < -0.39 is 0 Å². The van der Waals surface area contributed by atoms with Crippen molar-refractivity contribution in [2.24, 2.45) is 7.05 Å². The number of anilines is 2. The molecule has 0 spiro atoms. The van der Waals surface area contributed by atoms with Crippen molar-refractivity contribution in [3.63, 3.8) is 0 Å². The minimum Gasteiger partial charge on any atom is -0.354 e. The first kappa shape index (κ1) is 12.2. The summed E-state index contributed by atoms with van der Waals surface area (Å²) in [4.78, 5) is 4.84. The second-order valence-electron chi connectivity index (χ2n) is 5.29. The molecule has 0 saturated carbocycles. The highest BCUT2D eigenvalue weighted by Gasteiger charge is 2.25. The van der Waals surface area contributed by atoms with Crippen LogP contribution in [0.2, 0.25) is 0 Å². The van der Waals surface area contributed by atoms with Gasteiger partial charge < -0.3 is 14.4 Å². The van der Waals surface area contributed by atoms with Crippen molar-refractivity contribution in [2.45, 2.75) is 19.5 Å². The van der Waals surface area contributed by atoms with Crippen LogP contribution in [0.25, 0.3) is 0 Å². The molecule has 2 heterocycles. The van der Waals surface area contributed by atoms with Gasteiger partial charge in [-0.3, -0.25) is 0 Å². The van der Waals surface area contributed by atoms with Crippen molar-refractivity contribution in [1.29, 1.82) is 0 Å². The Kier molecular flexibility index (Phi) is 2.97. The lowest BCUT2D eigenvalue weighted by Crippen LogP contribution is -2.45. The van der Waals surface area contributed by atoms with E-state index in [0.717, 1.165) is 13.0 Å². The molecule has 0 aliphatic carbocycles. The van der Waals surface area contributed by atoms with E-state index in [9.17, 15) is 0 Å². The van der Waals surface area contributed by atoms with E-state index in [1.807, 2.05) is 0 Å². The van der Waals surface area contributed by atoms with Gasteiger partial charge in [-0.2, -0.15) is 0 Å². The van der Waals surface area contributed by atoms with Gasteiger partial charge in [-0.1, -0.05) is 18.2 Å². The molecule has 19 heavy (non-hydrogen) atoms. The molecule has 1 aromatic heterocycles. The molecule has 100 valence electrons. The van der Waals surface area contributed by atoms with Gasteiger partial charge in [0.05, 0.1) is 6.17 Å². The fourth-order valence-corrected chi connectivity index (χ4v) is 2.96. The van der Waals surface area contributed by atoms with Crippen molar-refractivity contribution in [3.8, 4) is 0 Å². The largest absolute Gasteiger partial charge is 0.354 e. The predicted molar refractivity (Wildman–Crippen MR) is 80.8 cm³/mol. The molecule has 1 aliphatic rings. The zero-order chi connectivity index (χ0) is 13.4. The third-order valence-electron chi connectivity index (χ3n) is 4.22. The topological polar surface area (TPSA) is 11.4 Å². The molecule has 3 heteroatoms. The number of rotatable bonds is 1. The van der Waals surface area contributed by atoms with Gasteiger partial charge in [-0.15, -0.1) is 0 Å². The van der Waals surface area contributed by atoms with Crippen LogP contribution in [0.5, 0.6) is 0 Å². The summed E-state index contributed by atoms with van der Waals surface area (Å²) in [5, 5.41) is 0. The first-order valence-electron chi connectivity index (χ1n) is 6.87. The van der Waals surface area contributed by atoms with E-state index in [0.29, 0.717) is 6.17 Å². The smallest absolute Gasteiger partial charge is 0.109 e. The number of aromatic nitrogens is 1. The molecule has 0 N–H and O–H groups in total. The number of hydrogen-bond acceptors (Lipinski definition) is 2. The highest BCUT2D eigenvalue weighted by atomic mass is 15.4. The summed E-state index contributed by atoms with van der Waals surface area (Å²) in [7, 11) is 4.30. The van der Waals surface area contributed by atoms with Crippen molar-refractivity contribution in [2.75, 3.05) is 23.4 Å². The van der Waals surface area contributed by atoms with E-state index >= 15 is 0 Å². The maximum absolute atomic E-state index is 2.47. The van der Waals surface area contributed by atoms with Gasteiger partial charge in [0.15, 0.2) is 0 Å². The Morgan fingerprint density at radius 1 is 1.05 bits per heavy atom. The van der Waals surface area contributed by atoms with Crippen LogP contribution in [0.1, 0.15) is 12.5 Å². The van der Waals surface area contributed by atoms with Crippen LogP contribution < -0.4 is 9.80 Å². The molecule has 3 rings (SSSR count). The average molecular weight is 255 g/mol. The van der Waals surface area contributed by atoms with Crippen LogP contribution in [0.4, 0.5) is 11.5 Å². The van der Waals surface area contributed by atoms with Gasteiger partial charge in [0, 0.05) is 32.5 Å². The standard InChI is InChI=1S/C16H21N3/c1-13-18(3)15-8-5-4-7-14(15)10-12-19(13)16-9-6-11-17(16)2/h4-9,11,13H,10,12H2,1-3H3/t13-/m0/s1. The summed E-state index contributed by atoms with van der Waals surface area (Å²) in [6, 6.07) is 13.0. The Morgan fingerprint density at radius 3 is 2.58 bits per heavy atom. The van der Waals surface area contributed by atoms with E-state index in [1.54, 1.807) is 0 Å². The molecule has 2 aromatic rings. The number of aryl methyl sites for hydroxylation is 1. The predicted octanol–water partition coefficient (Wildman–Crippen LogP) is 2.87. The van der Waals surface area contributed by atoms with Gasteiger partial charge in [0.1, 0.15) is 5.82 Å². The number of fused-ring (bicyclic) bond motifs is 1. The summed E-state index contributed by atoms with van der Waals surface area (Å²) in [6.45, 7) is 3.33. The van der Waals surface area contributed by atoms with Gasteiger partial charge in [0.25, 0.3) is 0 Å². The highest BCUT2D eigenvalue weighted by molar-refractivity contribution is 5.58. The molecule has 0 bridgehead atoms. The Hall–Kier alpha value is -1.90. The fourth-order valence-electron chi connectivity index (χ4n) is 2.96. The monoisotopic (exact) mass is 255 g/mol. The molecule has 0 unspecified atom stereocenters. The number of benzene rings is 1. The summed E-state index contributed by atoms with van der Waals surface area (Å²) in [5.41, 5.74) is 2.79. The lowest BCUT2D eigenvalue weighted by Gasteiger charge is -2.36. The quantitative estimate of drug-likeness (QED) is 0.776. The van der Waals surface area contributed by atoms with Gasteiger partial charge in [-0.25, -0.2) is 0 Å². The molecular weight excluding hydrogens is 234 g/mol. The fraction of sp³-hybridized carbons (Fsp3) is 0.375. The maximum atomic E-state index is 2.47. The van der Waals surface area contributed by atoms with Crippen molar-refractivity contribution in [3.05, 3.63) is 48.2 Å². The van der Waals surface area contributed by atoms with E-state index in [2.05, 4.69) is 78.0 Å². The van der Waals surface area contributed by atoms with Crippen LogP contribution in [0, 0.1) is 0 Å². The Labute approximate surface area is 115 Å². The van der Waals surface area contributed by atoms with Gasteiger partial charge >= 0.3 is 0 Å². The summed E-state index contributed by atoms with van der Waals surface area (Å²) in [5.74, 6) is 1.28. The summed E-state index contributed by atoms with van der Waals surface area (Å²) < 4.78 is 2.19. The average Bonchev–Trinajstić information content (AvgIpc) is 2.80. The van der Waals surface area contributed by atoms with Crippen molar-refractivity contribution in [1.82, 2.24) is 4.57 Å². The molecule has 3 nitrogen and oxygen atoms in total. The lowest BCUT2D eigenvalue weighted by molar-refractivity contribution is 0.620. The van der Waals surface area contributed by atoms with E-state index in [1.165, 1.54) is 17.1 Å². The van der Waals surface area contributed by atoms with Crippen LogP contribution in [-0.2, 0) is 13.5 Å². The molecule has 0 amide bonds. The van der Waals surface area contributed by atoms with Crippen LogP contribution in [0.15, 0.2) is 42.6 Å². The Bertz CT molecular complexity index is 573. The van der Waals surface area contributed by atoms with Crippen molar-refractivity contribution < 1.29 is 0 Å². The summed E-state index contributed by atoms with van der Waals surface area (Å²) in [6.07, 6.45) is 3.56. The minimum atomic E-state index is 0.359. The molecule has 1 aliphatic heterocycles. The van der Waals surface area contributed by atoms with E-state index in [4.69, 9.17) is 0 Å². The molecule has 0 saturated heterocycles. The van der Waals surface area contributed by atoms with Gasteiger partial charge in [-0.05, 0) is 37.1 Å². The molecule has 1 aromatic carbocycles. The Balaban J connectivity index is 1.99. The van der Waals surface area contributed by atoms with Crippen LogP contribution in [-0.4, -0.2) is 24.3 Å². The third kappa shape index (κ3) is 1.99. The summed E-state index contributed by atoms with van der Waals surface area (Å²) >= 11 is 0. The first-order chi connectivity index (χ1) is 9.18. The minimum absolute atomic E-state index is 0.359. The number of hydrogen-bond donors (Lipinski definition) is 0. The number of nitrogens with zero attached hydrogens (tertiary/aromatic N) is 3. The lowest BCUT2D eigenvalue weighted by atomic mass is 10.1. The SMILES string of the molecule is C[C@H]1N(C)c2ccccc2CCN1c1cccn1C. The van der Waals surface area contributed by atoms with Crippen LogP contribution >= 0.6 is 0 Å². The molecule has 0 radical (unpaired) electrons. The Morgan fingerprint density at radius 2 is 1.84 bits per heavy atom. The van der Waals surface area contributed by atoms with Crippen LogP contribution in [0.3, 0.4) is 0 Å². The zero-order valence-electron chi connectivity index (χ0n) is 11.9. The first-order valence-corrected chi connectivity index (χ1v) is 6.87. The number of para-hydroxylation sites is 1. The second-order valence-corrected chi connectivity index (χ2v) is 5.29. The molecule has 1 atom stereocenters. The highest BCUT2D eigenvalue weighted by Crippen LogP contribution is 2.29. The molecular formula is C16H21N3. The third-order valence-corrected chi connectivity index (χ3v) is 4.22. The van der Waals surface area contributed by atoms with E-state index in [-0.39, 0.29) is 0 Å².